The van der Waals surface area contributed by atoms with Crippen molar-refractivity contribution in [2.24, 2.45) is 0 Å². The van der Waals surface area contributed by atoms with Crippen LogP contribution in [0.2, 0.25) is 0 Å². The fourth-order valence-electron chi connectivity index (χ4n) is 2.58. The van der Waals surface area contributed by atoms with Gasteiger partial charge in [0.25, 0.3) is 0 Å². The number of aromatic hydroxyl groups is 2. The maximum absolute atomic E-state index is 13.7. The van der Waals surface area contributed by atoms with Crippen LogP contribution >= 0.6 is 0 Å². The highest BCUT2D eigenvalue weighted by Gasteiger charge is 2.72. The molecule has 0 heterocycles. The van der Waals surface area contributed by atoms with Gasteiger partial charge in [-0.25, -0.2) is 0 Å². The summed E-state index contributed by atoms with van der Waals surface area (Å²) in [5.41, 5.74) is -6.55. The first kappa shape index (κ1) is 18.0. The van der Waals surface area contributed by atoms with Gasteiger partial charge in [0.05, 0.1) is 0 Å². The molecule has 2 aromatic carbocycles. The van der Waals surface area contributed by atoms with Gasteiger partial charge >= 0.3 is 12.4 Å². The zero-order chi connectivity index (χ0) is 18.3. The summed E-state index contributed by atoms with van der Waals surface area (Å²) in [5, 5.41) is 18.6. The van der Waals surface area contributed by atoms with Crippen LogP contribution in [-0.4, -0.2) is 22.6 Å². The van der Waals surface area contributed by atoms with Crippen molar-refractivity contribution >= 4 is 0 Å². The second kappa shape index (κ2) is 5.61. The van der Waals surface area contributed by atoms with Gasteiger partial charge in [0, 0.05) is 0 Å². The summed E-state index contributed by atoms with van der Waals surface area (Å²) in [4.78, 5) is 0. The van der Waals surface area contributed by atoms with Crippen LogP contribution in [0, 0.1) is 6.92 Å². The van der Waals surface area contributed by atoms with E-state index in [0.29, 0.717) is 24.3 Å². The first-order valence-electron chi connectivity index (χ1n) is 6.64. The van der Waals surface area contributed by atoms with Crippen LogP contribution in [-0.2, 0) is 5.41 Å². The molecular formula is C16H12F6O2. The molecule has 0 spiro atoms. The Kier molecular flexibility index (Phi) is 4.20. The monoisotopic (exact) mass is 350 g/mol. The number of aryl methyl sites for hydroxylation is 1. The van der Waals surface area contributed by atoms with Crippen molar-refractivity contribution in [3.05, 3.63) is 59.2 Å². The average molecular weight is 350 g/mol. The van der Waals surface area contributed by atoms with Gasteiger partial charge in [0.1, 0.15) is 11.5 Å². The van der Waals surface area contributed by atoms with E-state index in [1.807, 2.05) is 0 Å². The highest BCUT2D eigenvalue weighted by molar-refractivity contribution is 5.48. The summed E-state index contributed by atoms with van der Waals surface area (Å²) < 4.78 is 82.4. The minimum Gasteiger partial charge on any atom is -0.508 e. The smallest absolute Gasteiger partial charge is 0.411 e. The number of alkyl halides is 6. The molecule has 2 nitrogen and oxygen atoms in total. The molecule has 0 aliphatic rings. The number of halogens is 6. The van der Waals surface area contributed by atoms with Crippen molar-refractivity contribution in [1.82, 2.24) is 0 Å². The lowest BCUT2D eigenvalue weighted by Crippen LogP contribution is -2.54. The molecule has 0 atom stereocenters. The van der Waals surface area contributed by atoms with Crippen LogP contribution < -0.4 is 0 Å². The zero-order valence-corrected chi connectivity index (χ0v) is 12.2. The van der Waals surface area contributed by atoms with Crippen molar-refractivity contribution < 1.29 is 36.6 Å². The predicted molar refractivity (Wildman–Crippen MR) is 73.8 cm³/mol. The van der Waals surface area contributed by atoms with Gasteiger partial charge in [0.15, 0.2) is 0 Å². The SMILES string of the molecule is Cc1cc(C(c2ccc(O)cc2)(C(F)(F)F)C(F)(F)F)ccc1O. The lowest BCUT2D eigenvalue weighted by Gasteiger charge is -2.38. The summed E-state index contributed by atoms with van der Waals surface area (Å²) in [7, 11) is 0. The molecule has 0 aliphatic carbocycles. The first-order chi connectivity index (χ1) is 10.9. The molecular weight excluding hydrogens is 338 g/mol. The van der Waals surface area contributed by atoms with Crippen molar-refractivity contribution in [2.75, 3.05) is 0 Å². The molecule has 0 amide bonds. The Morgan fingerprint density at radius 1 is 0.708 bits per heavy atom. The van der Waals surface area contributed by atoms with Crippen LogP contribution in [0.3, 0.4) is 0 Å². The van der Waals surface area contributed by atoms with E-state index in [-0.39, 0.29) is 5.56 Å². The lowest BCUT2D eigenvalue weighted by atomic mass is 9.72. The van der Waals surface area contributed by atoms with Crippen molar-refractivity contribution in [2.45, 2.75) is 24.7 Å². The summed E-state index contributed by atoms with van der Waals surface area (Å²) in [5.74, 6) is -0.874. The van der Waals surface area contributed by atoms with E-state index in [4.69, 9.17) is 0 Å². The third-order valence-corrected chi connectivity index (χ3v) is 3.78. The lowest BCUT2D eigenvalue weighted by molar-refractivity contribution is -0.288. The molecule has 0 aliphatic heterocycles. The van der Waals surface area contributed by atoms with E-state index in [1.165, 1.54) is 6.92 Å². The Labute approximate surface area is 133 Å². The van der Waals surface area contributed by atoms with Crippen molar-refractivity contribution in [1.29, 1.82) is 0 Å². The summed E-state index contributed by atoms with van der Waals surface area (Å²) in [6, 6.07) is 4.72. The highest BCUT2D eigenvalue weighted by Crippen LogP contribution is 2.56. The Balaban J connectivity index is 2.91. The quantitative estimate of drug-likeness (QED) is 0.763. The van der Waals surface area contributed by atoms with E-state index in [1.54, 1.807) is 0 Å². The van der Waals surface area contributed by atoms with Gasteiger partial charge in [-0.1, -0.05) is 24.3 Å². The van der Waals surface area contributed by atoms with Crippen LogP contribution in [0.1, 0.15) is 16.7 Å². The molecule has 0 aromatic heterocycles. The Morgan fingerprint density at radius 2 is 1.17 bits per heavy atom. The van der Waals surface area contributed by atoms with Crippen LogP contribution in [0.25, 0.3) is 0 Å². The largest absolute Gasteiger partial charge is 0.508 e. The Morgan fingerprint density at radius 3 is 1.58 bits per heavy atom. The van der Waals surface area contributed by atoms with Crippen LogP contribution in [0.4, 0.5) is 26.3 Å². The molecule has 0 fully saturated rings. The second-order valence-corrected chi connectivity index (χ2v) is 5.29. The van der Waals surface area contributed by atoms with E-state index in [9.17, 15) is 36.6 Å². The second-order valence-electron chi connectivity index (χ2n) is 5.29. The third kappa shape index (κ3) is 2.65. The van der Waals surface area contributed by atoms with Gasteiger partial charge < -0.3 is 10.2 Å². The minimum absolute atomic E-state index is 0.121. The number of benzene rings is 2. The molecule has 8 heteroatoms. The number of phenolic OH excluding ortho intramolecular Hbond substituents is 2. The molecule has 0 radical (unpaired) electrons. The number of rotatable bonds is 2. The number of hydrogen-bond donors (Lipinski definition) is 2. The molecule has 2 aromatic rings. The molecule has 130 valence electrons. The number of hydrogen-bond acceptors (Lipinski definition) is 2. The topological polar surface area (TPSA) is 40.5 Å². The minimum atomic E-state index is -5.70. The van der Waals surface area contributed by atoms with Gasteiger partial charge in [0.2, 0.25) is 5.41 Å². The fraction of sp³-hybridized carbons (Fsp3) is 0.250. The molecule has 24 heavy (non-hydrogen) atoms. The maximum Gasteiger partial charge on any atom is 0.411 e. The standard InChI is InChI=1S/C16H12F6O2/c1-9-8-11(4-7-13(9)24)14(15(17,18)19,16(20,21)22)10-2-5-12(23)6-3-10/h2-8,23-24H,1H3. The van der Waals surface area contributed by atoms with Gasteiger partial charge in [-0.15, -0.1) is 0 Å². The molecule has 0 unspecified atom stereocenters. The molecule has 0 saturated carbocycles. The zero-order valence-electron chi connectivity index (χ0n) is 12.2. The van der Waals surface area contributed by atoms with Crippen molar-refractivity contribution in [3.63, 3.8) is 0 Å². The van der Waals surface area contributed by atoms with E-state index < -0.39 is 40.4 Å². The summed E-state index contributed by atoms with van der Waals surface area (Å²) >= 11 is 0. The van der Waals surface area contributed by atoms with Crippen LogP contribution in [0.5, 0.6) is 11.5 Å². The highest BCUT2D eigenvalue weighted by atomic mass is 19.4. The summed E-state index contributed by atoms with van der Waals surface area (Å²) in [6.07, 6.45) is -11.4. The fourth-order valence-corrected chi connectivity index (χ4v) is 2.58. The van der Waals surface area contributed by atoms with Gasteiger partial charge in [-0.2, -0.15) is 26.3 Å². The van der Waals surface area contributed by atoms with Crippen molar-refractivity contribution in [3.8, 4) is 11.5 Å². The van der Waals surface area contributed by atoms with E-state index in [2.05, 4.69) is 0 Å². The molecule has 0 saturated heterocycles. The first-order valence-corrected chi connectivity index (χ1v) is 6.64. The maximum atomic E-state index is 13.7. The van der Waals surface area contributed by atoms with Crippen LogP contribution in [0.15, 0.2) is 42.5 Å². The Hall–Kier alpha value is -2.38. The van der Waals surface area contributed by atoms with Gasteiger partial charge in [-0.3, -0.25) is 0 Å². The summed E-state index contributed by atoms with van der Waals surface area (Å²) in [6.45, 7) is 1.20. The molecule has 2 rings (SSSR count). The molecule has 0 bridgehead atoms. The predicted octanol–water partition coefficient (Wildman–Crippen LogP) is 4.82. The third-order valence-electron chi connectivity index (χ3n) is 3.78. The van der Waals surface area contributed by atoms with Gasteiger partial charge in [-0.05, 0) is 41.8 Å². The Bertz CT molecular complexity index is 718. The molecule has 2 N–H and O–H groups in total. The van der Waals surface area contributed by atoms with E-state index >= 15 is 0 Å². The average Bonchev–Trinajstić information content (AvgIpc) is 2.42. The van der Waals surface area contributed by atoms with E-state index in [0.717, 1.165) is 18.2 Å². The normalized spacial score (nSPS) is 13.1. The number of phenols is 2.